The van der Waals surface area contributed by atoms with Gasteiger partial charge in [0.1, 0.15) is 17.2 Å². The number of primary amides is 1. The van der Waals surface area contributed by atoms with Crippen molar-refractivity contribution < 1.29 is 14.0 Å². The quantitative estimate of drug-likeness (QED) is 0.529. The molecule has 2 aromatic carbocycles. The van der Waals surface area contributed by atoms with Crippen LogP contribution in [0.2, 0.25) is 0 Å². The molecule has 4 N–H and O–H groups in total. The predicted molar refractivity (Wildman–Crippen MR) is 124 cm³/mol. The van der Waals surface area contributed by atoms with Crippen LogP contribution in [0.5, 0.6) is 0 Å². The first-order chi connectivity index (χ1) is 15.7. The third-order valence-corrected chi connectivity index (χ3v) is 6.17. The highest BCUT2D eigenvalue weighted by Crippen LogP contribution is 2.35. The number of anilines is 3. The van der Waals surface area contributed by atoms with E-state index in [2.05, 4.69) is 17.6 Å². The fraction of sp³-hybridized carbons (Fsp3) is 0.333. The second-order valence-electron chi connectivity index (χ2n) is 8.48. The van der Waals surface area contributed by atoms with E-state index in [4.69, 9.17) is 5.73 Å². The van der Waals surface area contributed by atoms with Gasteiger partial charge in [-0.05, 0) is 43.4 Å². The van der Waals surface area contributed by atoms with Crippen molar-refractivity contribution in [3.05, 3.63) is 72.8 Å². The summed E-state index contributed by atoms with van der Waals surface area (Å²) in [5, 5.41) is 5.84. The number of hydrogen-bond donors (Lipinski definition) is 3. The van der Waals surface area contributed by atoms with Crippen molar-refractivity contribution in [2.24, 2.45) is 5.73 Å². The number of nitrogens with zero attached hydrogens (tertiary/aromatic N) is 1. The number of fused-ring (bicyclic) bond motifs is 1. The van der Waals surface area contributed by atoms with Gasteiger partial charge in [-0.3, -0.25) is 19.2 Å². The number of halogens is 1. The second kappa shape index (κ2) is 8.65. The zero-order valence-electron chi connectivity index (χ0n) is 18.5. The lowest BCUT2D eigenvalue weighted by molar-refractivity contribution is -0.118. The largest absolute Gasteiger partial charge is 0.373 e. The number of amides is 2. The summed E-state index contributed by atoms with van der Waals surface area (Å²) in [7, 11) is 0. The van der Waals surface area contributed by atoms with Crippen molar-refractivity contribution >= 4 is 28.9 Å². The van der Waals surface area contributed by atoms with E-state index in [1.165, 1.54) is 22.6 Å². The Labute approximate surface area is 189 Å². The molecule has 4 rings (SSSR count). The maximum atomic E-state index is 14.8. The number of allylic oxidation sites excluding steroid dienone is 3. The minimum atomic E-state index is -0.780. The number of rotatable bonds is 8. The molecule has 33 heavy (non-hydrogen) atoms. The van der Waals surface area contributed by atoms with Crippen LogP contribution in [0.4, 0.5) is 21.5 Å². The molecule has 2 aliphatic rings. The van der Waals surface area contributed by atoms with Crippen LogP contribution in [0.25, 0.3) is 0 Å². The van der Waals surface area contributed by atoms with Crippen LogP contribution in [0.15, 0.2) is 45.0 Å². The van der Waals surface area contributed by atoms with Crippen LogP contribution >= 0.6 is 0 Å². The second-order valence-corrected chi connectivity index (χ2v) is 8.48. The van der Waals surface area contributed by atoms with Gasteiger partial charge < -0.3 is 21.3 Å². The van der Waals surface area contributed by atoms with Crippen LogP contribution in [0.1, 0.15) is 49.0 Å². The molecular formula is C24H25FN4O4. The van der Waals surface area contributed by atoms with E-state index in [0.29, 0.717) is 12.0 Å². The highest BCUT2D eigenvalue weighted by atomic mass is 19.1. The minimum Gasteiger partial charge on any atom is -0.373 e. The third-order valence-electron chi connectivity index (χ3n) is 6.17. The highest BCUT2D eigenvalue weighted by Gasteiger charge is 2.34. The summed E-state index contributed by atoms with van der Waals surface area (Å²) in [5.41, 5.74) is 6.46. The number of nitrogens with two attached hydrogens (primary N) is 1. The fourth-order valence-corrected chi connectivity index (χ4v) is 4.32. The number of hydrogen-bond acceptors (Lipinski definition) is 6. The number of nitrogens with one attached hydrogen (secondary N) is 2. The SMILES string of the molecule is CC[C@@H](Nc1c(Nc2c(F)ccc3c2C(=O)N(CC(N)=O)C3)c(=O)c1=O)C1=CC=C(C)CC1. The molecule has 8 nitrogen and oxygen atoms in total. The molecule has 2 amide bonds. The Kier molecular flexibility index (Phi) is 5.88. The Bertz CT molecular complexity index is 1290. The molecule has 1 aliphatic heterocycles. The van der Waals surface area contributed by atoms with Gasteiger partial charge >= 0.3 is 0 Å². The average molecular weight is 452 g/mol. The van der Waals surface area contributed by atoms with Crippen molar-refractivity contribution in [1.29, 1.82) is 0 Å². The van der Waals surface area contributed by atoms with E-state index in [1.807, 2.05) is 19.1 Å². The molecule has 0 fully saturated rings. The van der Waals surface area contributed by atoms with Crippen molar-refractivity contribution in [3.8, 4) is 0 Å². The molecule has 9 heteroatoms. The Morgan fingerprint density at radius 1 is 1.12 bits per heavy atom. The first-order valence-electron chi connectivity index (χ1n) is 10.8. The Morgan fingerprint density at radius 2 is 1.85 bits per heavy atom. The standard InChI is InChI=1S/C24H25FN4O4/c1-3-16(13-6-4-12(2)5-7-13)27-20-21(23(32)22(20)31)28-19-15(25)9-8-14-10-29(11-17(26)30)24(33)18(14)19/h4,6,8-9,16,27-28H,3,5,7,10-11H2,1-2H3,(H2,26,30)/t16-/m1/s1. The van der Waals surface area contributed by atoms with Crippen LogP contribution < -0.4 is 27.2 Å². The molecule has 1 atom stereocenters. The Hall–Kier alpha value is -3.75. The topological polar surface area (TPSA) is 122 Å². The Balaban J connectivity index is 1.64. The van der Waals surface area contributed by atoms with Crippen LogP contribution in [0.3, 0.4) is 0 Å². The first-order valence-corrected chi connectivity index (χ1v) is 10.8. The van der Waals surface area contributed by atoms with Gasteiger partial charge in [0.05, 0.1) is 17.8 Å². The summed E-state index contributed by atoms with van der Waals surface area (Å²) >= 11 is 0. The smallest absolute Gasteiger partial charge is 0.257 e. The maximum Gasteiger partial charge on any atom is 0.257 e. The lowest BCUT2D eigenvalue weighted by Gasteiger charge is -2.26. The molecule has 0 unspecified atom stereocenters. The average Bonchev–Trinajstić information content (AvgIpc) is 3.10. The lowest BCUT2D eigenvalue weighted by atomic mass is 9.92. The van der Waals surface area contributed by atoms with Gasteiger partial charge in [-0.15, -0.1) is 0 Å². The first kappa shape index (κ1) is 22.4. The summed E-state index contributed by atoms with van der Waals surface area (Å²) in [6, 6.07) is 2.48. The molecule has 172 valence electrons. The summed E-state index contributed by atoms with van der Waals surface area (Å²) in [5.74, 6) is -2.00. The van der Waals surface area contributed by atoms with Gasteiger partial charge in [-0.2, -0.15) is 0 Å². The maximum absolute atomic E-state index is 14.8. The van der Waals surface area contributed by atoms with Gasteiger partial charge in [-0.1, -0.05) is 30.7 Å². The van der Waals surface area contributed by atoms with Crippen LogP contribution in [-0.2, 0) is 11.3 Å². The number of benzene rings is 1. The summed E-state index contributed by atoms with van der Waals surface area (Å²) in [6.07, 6.45) is 6.51. The molecule has 0 spiro atoms. The van der Waals surface area contributed by atoms with Gasteiger partial charge in [0.15, 0.2) is 0 Å². The zero-order valence-corrected chi connectivity index (χ0v) is 18.5. The molecule has 2 aromatic rings. The molecule has 0 radical (unpaired) electrons. The number of carbonyl (C=O) groups is 2. The van der Waals surface area contributed by atoms with Crippen LogP contribution in [0, 0.1) is 5.82 Å². The molecule has 1 heterocycles. The molecular weight excluding hydrogens is 427 g/mol. The molecule has 0 aromatic heterocycles. The normalized spacial score (nSPS) is 16.3. The lowest BCUT2D eigenvalue weighted by Crippen LogP contribution is -2.39. The highest BCUT2D eigenvalue weighted by molar-refractivity contribution is 6.05. The zero-order chi connectivity index (χ0) is 23.9. The monoisotopic (exact) mass is 452 g/mol. The van der Waals surface area contributed by atoms with E-state index < -0.39 is 28.5 Å². The fourth-order valence-electron chi connectivity index (χ4n) is 4.32. The van der Waals surface area contributed by atoms with Crippen molar-refractivity contribution in [3.63, 3.8) is 0 Å². The van der Waals surface area contributed by atoms with Gasteiger partial charge in [0.25, 0.3) is 16.8 Å². The Morgan fingerprint density at radius 3 is 2.48 bits per heavy atom. The van der Waals surface area contributed by atoms with Crippen molar-refractivity contribution in [1.82, 2.24) is 4.90 Å². The molecule has 0 bridgehead atoms. The number of carbonyl (C=O) groups excluding carboxylic acids is 2. The van der Waals surface area contributed by atoms with E-state index in [9.17, 15) is 23.6 Å². The predicted octanol–water partition coefficient (Wildman–Crippen LogP) is 2.46. The van der Waals surface area contributed by atoms with Crippen molar-refractivity contribution in [2.45, 2.75) is 45.7 Å². The molecule has 1 aliphatic carbocycles. The molecule has 0 saturated heterocycles. The summed E-state index contributed by atoms with van der Waals surface area (Å²) in [6.45, 7) is 3.82. The van der Waals surface area contributed by atoms with E-state index in [-0.39, 0.29) is 41.8 Å². The van der Waals surface area contributed by atoms with Gasteiger partial charge in [0, 0.05) is 12.6 Å². The van der Waals surface area contributed by atoms with E-state index in [1.54, 1.807) is 0 Å². The summed E-state index contributed by atoms with van der Waals surface area (Å²) < 4.78 is 14.8. The third kappa shape index (κ3) is 4.06. The van der Waals surface area contributed by atoms with Crippen molar-refractivity contribution in [2.75, 3.05) is 17.2 Å². The molecule has 0 saturated carbocycles. The van der Waals surface area contributed by atoms with E-state index in [0.717, 1.165) is 18.4 Å². The minimum absolute atomic E-state index is 0.0258. The van der Waals surface area contributed by atoms with Gasteiger partial charge in [0.2, 0.25) is 5.91 Å². The summed E-state index contributed by atoms with van der Waals surface area (Å²) in [4.78, 5) is 50.0. The van der Waals surface area contributed by atoms with Crippen LogP contribution in [-0.4, -0.2) is 29.3 Å². The van der Waals surface area contributed by atoms with Gasteiger partial charge in [-0.25, -0.2) is 4.39 Å². The van der Waals surface area contributed by atoms with E-state index >= 15 is 0 Å².